The van der Waals surface area contributed by atoms with Crippen LogP contribution in [0.2, 0.25) is 5.02 Å². The van der Waals surface area contributed by atoms with Crippen molar-refractivity contribution < 1.29 is 14.6 Å². The third kappa shape index (κ3) is 9.44. The summed E-state index contributed by atoms with van der Waals surface area (Å²) in [5.74, 6) is 2.60. The first-order valence-corrected chi connectivity index (χ1v) is 20.4. The van der Waals surface area contributed by atoms with Crippen molar-refractivity contribution in [3.05, 3.63) is 105 Å². The van der Waals surface area contributed by atoms with Gasteiger partial charge in [-0.2, -0.15) is 14.9 Å². The van der Waals surface area contributed by atoms with Crippen LogP contribution in [-0.2, 0) is 13.0 Å². The minimum atomic E-state index is -0.389. The van der Waals surface area contributed by atoms with Crippen molar-refractivity contribution in [2.45, 2.75) is 83.8 Å². The molecule has 0 unspecified atom stereocenters. The molecule has 58 heavy (non-hydrogen) atoms. The van der Waals surface area contributed by atoms with Crippen LogP contribution in [0.15, 0.2) is 71.8 Å². The van der Waals surface area contributed by atoms with E-state index < -0.39 is 0 Å². The summed E-state index contributed by atoms with van der Waals surface area (Å²) in [5, 5.41) is 32.2. The summed E-state index contributed by atoms with van der Waals surface area (Å²) in [5.41, 5.74) is 4.68. The average molecular weight is 805 g/mol. The molecule has 4 N–H and O–H groups in total. The smallest absolute Gasteiger partial charge is 0.253 e. The summed E-state index contributed by atoms with van der Waals surface area (Å²) in [6.07, 6.45) is 10.8. The van der Waals surface area contributed by atoms with Crippen LogP contribution in [0.5, 0.6) is 11.8 Å². The number of aliphatic hydroxyl groups excluding tert-OH is 1. The van der Waals surface area contributed by atoms with Gasteiger partial charge in [0.05, 0.1) is 31.1 Å². The SMILES string of the molecule is CCc1cnn2c(NCc3cccnc3OCCCCCOc3nc(C#N)ccc3N[C@@H](C)c3cc4cc(Cl)ccc4[nH]c3=O)cc(N3CCCC[C@H]3CCO)nc12. The molecular weight excluding hydrogens is 756 g/mol. The third-order valence-electron chi connectivity index (χ3n) is 10.5. The lowest BCUT2D eigenvalue weighted by Gasteiger charge is -2.36. The normalized spacial score (nSPS) is 14.7. The number of hydrogen-bond donors (Lipinski definition) is 4. The van der Waals surface area contributed by atoms with Crippen LogP contribution >= 0.6 is 11.6 Å². The quantitative estimate of drug-likeness (QED) is 0.0627. The van der Waals surface area contributed by atoms with Crippen molar-refractivity contribution in [1.29, 1.82) is 5.26 Å². The Morgan fingerprint density at radius 3 is 2.71 bits per heavy atom. The lowest BCUT2D eigenvalue weighted by Crippen LogP contribution is -2.40. The van der Waals surface area contributed by atoms with Crippen LogP contribution in [0, 0.1) is 11.3 Å². The Hall–Kier alpha value is -5.91. The Bertz CT molecular complexity index is 2450. The maximum atomic E-state index is 12.9. The summed E-state index contributed by atoms with van der Waals surface area (Å²) in [6.45, 7) is 6.39. The fourth-order valence-electron chi connectivity index (χ4n) is 7.41. The Morgan fingerprint density at radius 2 is 1.90 bits per heavy atom. The van der Waals surface area contributed by atoms with Crippen molar-refractivity contribution >= 4 is 45.5 Å². The number of nitriles is 1. The lowest BCUT2D eigenvalue weighted by molar-refractivity contribution is 0.262. The van der Waals surface area contributed by atoms with Crippen LogP contribution in [-0.4, -0.2) is 67.1 Å². The molecule has 0 aliphatic carbocycles. The molecular formula is C43H49ClN10O4. The van der Waals surface area contributed by atoms with Gasteiger partial charge in [0.25, 0.3) is 5.56 Å². The molecule has 1 aliphatic rings. The van der Waals surface area contributed by atoms with E-state index >= 15 is 0 Å². The Balaban J connectivity index is 0.932. The average Bonchev–Trinajstić information content (AvgIpc) is 3.67. The van der Waals surface area contributed by atoms with E-state index in [9.17, 15) is 15.2 Å². The zero-order valence-corrected chi connectivity index (χ0v) is 33.6. The lowest BCUT2D eigenvalue weighted by atomic mass is 9.99. The number of aromatic amines is 1. The number of benzene rings is 1. The summed E-state index contributed by atoms with van der Waals surface area (Å²) in [6, 6.07) is 18.4. The molecule has 302 valence electrons. The van der Waals surface area contributed by atoms with Gasteiger partial charge in [-0.05, 0) is 101 Å². The van der Waals surface area contributed by atoms with Crippen LogP contribution in [0.25, 0.3) is 16.6 Å². The van der Waals surface area contributed by atoms with Crippen LogP contribution in [0.3, 0.4) is 0 Å². The van der Waals surface area contributed by atoms with E-state index in [0.29, 0.717) is 53.3 Å². The van der Waals surface area contributed by atoms with E-state index in [2.05, 4.69) is 54.6 Å². The molecule has 14 nitrogen and oxygen atoms in total. The molecule has 2 atom stereocenters. The van der Waals surface area contributed by atoms with Gasteiger partial charge in [0, 0.05) is 70.6 Å². The number of hydrogen-bond acceptors (Lipinski definition) is 12. The summed E-state index contributed by atoms with van der Waals surface area (Å²) < 4.78 is 14.1. The van der Waals surface area contributed by atoms with Gasteiger partial charge in [-0.3, -0.25) is 4.79 Å². The third-order valence-corrected chi connectivity index (χ3v) is 10.8. The summed E-state index contributed by atoms with van der Waals surface area (Å²) in [4.78, 5) is 32.2. The monoisotopic (exact) mass is 804 g/mol. The number of unbranched alkanes of at least 4 members (excludes halogenated alkanes) is 2. The summed E-state index contributed by atoms with van der Waals surface area (Å²) in [7, 11) is 0. The second-order valence-electron chi connectivity index (χ2n) is 14.5. The molecule has 6 heterocycles. The number of anilines is 3. The number of pyridine rings is 3. The first-order valence-electron chi connectivity index (χ1n) is 20.0. The molecule has 1 aliphatic heterocycles. The Labute approximate surface area is 342 Å². The number of halogens is 1. The number of piperidine rings is 1. The van der Waals surface area contributed by atoms with E-state index in [1.807, 2.05) is 41.9 Å². The maximum Gasteiger partial charge on any atom is 0.253 e. The van der Waals surface area contributed by atoms with Gasteiger partial charge in [0.2, 0.25) is 11.8 Å². The van der Waals surface area contributed by atoms with Crippen LogP contribution in [0.1, 0.15) is 87.2 Å². The van der Waals surface area contributed by atoms with Gasteiger partial charge in [0.1, 0.15) is 23.4 Å². The predicted octanol–water partition coefficient (Wildman–Crippen LogP) is 7.60. The van der Waals surface area contributed by atoms with Crippen molar-refractivity contribution in [3.63, 3.8) is 0 Å². The fraction of sp³-hybridized carbons (Fsp3) is 0.395. The van der Waals surface area contributed by atoms with Gasteiger partial charge in [-0.25, -0.2) is 15.0 Å². The minimum absolute atomic E-state index is 0.155. The molecule has 0 saturated carbocycles. The zero-order valence-electron chi connectivity index (χ0n) is 32.9. The highest BCUT2D eigenvalue weighted by Crippen LogP contribution is 2.31. The molecule has 6 aromatic rings. The van der Waals surface area contributed by atoms with E-state index in [4.69, 9.17) is 26.1 Å². The van der Waals surface area contributed by atoms with Gasteiger partial charge in [-0.15, -0.1) is 0 Å². The van der Waals surface area contributed by atoms with Crippen molar-refractivity contribution in [2.24, 2.45) is 0 Å². The number of aryl methyl sites for hydroxylation is 1. The number of rotatable bonds is 18. The number of nitrogens with one attached hydrogen (secondary N) is 3. The predicted molar refractivity (Wildman–Crippen MR) is 226 cm³/mol. The number of ether oxygens (including phenoxy) is 2. The van der Waals surface area contributed by atoms with Crippen molar-refractivity contribution in [2.75, 3.05) is 41.9 Å². The molecule has 0 spiro atoms. The van der Waals surface area contributed by atoms with Gasteiger partial charge in [0.15, 0.2) is 5.65 Å². The second kappa shape index (κ2) is 19.0. The molecule has 7 rings (SSSR count). The first kappa shape index (κ1) is 40.3. The number of nitrogens with zero attached hydrogens (tertiary/aromatic N) is 7. The number of H-pyrrole nitrogens is 1. The van der Waals surface area contributed by atoms with Gasteiger partial charge >= 0.3 is 0 Å². The van der Waals surface area contributed by atoms with Gasteiger partial charge < -0.3 is 35.1 Å². The number of aliphatic hydroxyl groups is 1. The minimum Gasteiger partial charge on any atom is -0.477 e. The van der Waals surface area contributed by atoms with E-state index in [0.717, 1.165) is 91.7 Å². The molecule has 15 heteroatoms. The van der Waals surface area contributed by atoms with E-state index in [1.54, 1.807) is 30.5 Å². The Kier molecular flexibility index (Phi) is 13.2. The van der Waals surface area contributed by atoms with Crippen molar-refractivity contribution in [1.82, 2.24) is 29.5 Å². The highest BCUT2D eigenvalue weighted by molar-refractivity contribution is 6.31. The Morgan fingerprint density at radius 1 is 1.05 bits per heavy atom. The fourth-order valence-corrected chi connectivity index (χ4v) is 7.59. The molecule has 0 radical (unpaired) electrons. The van der Waals surface area contributed by atoms with Crippen LogP contribution < -0.4 is 30.6 Å². The zero-order chi connectivity index (χ0) is 40.4. The largest absolute Gasteiger partial charge is 0.477 e. The van der Waals surface area contributed by atoms with Gasteiger partial charge in [-0.1, -0.05) is 24.6 Å². The first-order chi connectivity index (χ1) is 28.3. The molecule has 0 bridgehead atoms. The molecule has 1 saturated heterocycles. The highest BCUT2D eigenvalue weighted by Gasteiger charge is 2.25. The number of aromatic nitrogens is 6. The highest BCUT2D eigenvalue weighted by atomic mass is 35.5. The maximum absolute atomic E-state index is 12.9. The molecule has 0 amide bonds. The topological polar surface area (TPSA) is 179 Å². The number of fused-ring (bicyclic) bond motifs is 2. The van der Waals surface area contributed by atoms with E-state index in [1.165, 1.54) is 0 Å². The standard InChI is InChI=1S/C43H49ClN10O4/c1-3-29-27-48-54-38(24-39(52-40(29)54)53-18-6-5-11-34(53)16-19-55)47-26-30-10-9-17-46-42(30)57-20-7-4-8-21-58-43-37(15-13-33(25-45)50-43)49-28(2)35-23-31-22-32(44)12-14-36(31)51-41(35)56/h9-10,12-15,17,22-24,27-28,34,47,49,55H,3-8,11,16,18-21,26H2,1-2H3,(H,51,56)/t28-,34-/m0/s1. The second-order valence-corrected chi connectivity index (χ2v) is 14.9. The summed E-state index contributed by atoms with van der Waals surface area (Å²) >= 11 is 6.19. The molecule has 1 fully saturated rings. The van der Waals surface area contributed by atoms with E-state index in [-0.39, 0.29) is 29.9 Å². The van der Waals surface area contributed by atoms with Crippen molar-refractivity contribution in [3.8, 4) is 17.8 Å². The molecule has 5 aromatic heterocycles. The molecule has 1 aromatic carbocycles. The van der Waals surface area contributed by atoms with Crippen LogP contribution in [0.4, 0.5) is 17.3 Å².